The molecule has 0 spiro atoms. The van der Waals surface area contributed by atoms with Gasteiger partial charge in [0, 0.05) is 5.02 Å². The SMILES string of the molecule is Cc1ccc(-c2ccccc2-c2ccc(S(N)(=O)=O)cc2)cc1Cl. The van der Waals surface area contributed by atoms with Gasteiger partial charge in [0.05, 0.1) is 4.90 Å². The van der Waals surface area contributed by atoms with Crippen molar-refractivity contribution in [1.29, 1.82) is 0 Å². The summed E-state index contributed by atoms with van der Waals surface area (Å²) in [5, 5.41) is 5.87. The average Bonchev–Trinajstić information content (AvgIpc) is 2.57. The molecular weight excluding hydrogens is 342 g/mol. The van der Waals surface area contributed by atoms with E-state index in [-0.39, 0.29) is 4.90 Å². The Morgan fingerprint density at radius 1 is 0.833 bits per heavy atom. The van der Waals surface area contributed by atoms with Crippen molar-refractivity contribution in [2.75, 3.05) is 0 Å². The van der Waals surface area contributed by atoms with Crippen molar-refractivity contribution in [1.82, 2.24) is 0 Å². The van der Waals surface area contributed by atoms with Crippen LogP contribution in [0.4, 0.5) is 0 Å². The third-order valence-electron chi connectivity index (χ3n) is 3.90. The molecule has 24 heavy (non-hydrogen) atoms. The zero-order chi connectivity index (χ0) is 17.3. The van der Waals surface area contributed by atoms with E-state index in [1.165, 1.54) is 12.1 Å². The van der Waals surface area contributed by atoms with Crippen LogP contribution in [0, 0.1) is 6.92 Å². The van der Waals surface area contributed by atoms with Gasteiger partial charge >= 0.3 is 0 Å². The Morgan fingerprint density at radius 2 is 1.38 bits per heavy atom. The summed E-state index contributed by atoms with van der Waals surface area (Å²) in [6.45, 7) is 1.96. The van der Waals surface area contributed by atoms with E-state index in [0.29, 0.717) is 5.02 Å². The van der Waals surface area contributed by atoms with Gasteiger partial charge < -0.3 is 0 Å². The molecule has 0 saturated carbocycles. The molecule has 0 amide bonds. The lowest BCUT2D eigenvalue weighted by molar-refractivity contribution is 0.598. The molecule has 3 aromatic rings. The van der Waals surface area contributed by atoms with E-state index in [1.807, 2.05) is 49.4 Å². The normalized spacial score (nSPS) is 11.5. The maximum atomic E-state index is 11.4. The first-order valence-electron chi connectivity index (χ1n) is 7.35. The Kier molecular flexibility index (Phi) is 4.45. The van der Waals surface area contributed by atoms with Gasteiger partial charge in [-0.2, -0.15) is 0 Å². The van der Waals surface area contributed by atoms with Crippen molar-refractivity contribution in [3.63, 3.8) is 0 Å². The van der Waals surface area contributed by atoms with E-state index in [2.05, 4.69) is 0 Å². The molecule has 0 aliphatic rings. The summed E-state index contributed by atoms with van der Waals surface area (Å²) in [6, 6.07) is 20.4. The molecule has 2 N–H and O–H groups in total. The topological polar surface area (TPSA) is 60.2 Å². The molecule has 3 rings (SSSR count). The Morgan fingerprint density at radius 3 is 1.92 bits per heavy atom. The number of benzene rings is 3. The van der Waals surface area contributed by atoms with Crippen molar-refractivity contribution < 1.29 is 8.42 Å². The molecule has 0 bridgehead atoms. The van der Waals surface area contributed by atoms with Gasteiger partial charge in [-0.3, -0.25) is 0 Å². The maximum Gasteiger partial charge on any atom is 0.238 e. The number of halogens is 1. The van der Waals surface area contributed by atoms with Crippen LogP contribution < -0.4 is 5.14 Å². The summed E-state index contributed by atoms with van der Waals surface area (Å²) >= 11 is 6.25. The number of sulfonamides is 1. The van der Waals surface area contributed by atoms with E-state index < -0.39 is 10.0 Å². The average molecular weight is 358 g/mol. The monoisotopic (exact) mass is 357 g/mol. The van der Waals surface area contributed by atoms with Gasteiger partial charge in [0.25, 0.3) is 0 Å². The summed E-state index contributed by atoms with van der Waals surface area (Å²) in [6.07, 6.45) is 0. The minimum atomic E-state index is -3.69. The van der Waals surface area contributed by atoms with Crippen LogP contribution in [0.2, 0.25) is 5.02 Å². The lowest BCUT2D eigenvalue weighted by Crippen LogP contribution is -2.11. The zero-order valence-corrected chi connectivity index (χ0v) is 14.6. The molecule has 0 aliphatic heterocycles. The Balaban J connectivity index is 2.11. The molecule has 122 valence electrons. The first-order valence-corrected chi connectivity index (χ1v) is 9.27. The van der Waals surface area contributed by atoms with Gasteiger partial charge in [-0.1, -0.05) is 60.1 Å². The van der Waals surface area contributed by atoms with E-state index in [1.54, 1.807) is 12.1 Å². The minimum absolute atomic E-state index is 0.0992. The van der Waals surface area contributed by atoms with Crippen LogP contribution in [0.1, 0.15) is 5.56 Å². The number of hydrogen-bond acceptors (Lipinski definition) is 2. The predicted molar refractivity (Wildman–Crippen MR) is 98.4 cm³/mol. The lowest BCUT2D eigenvalue weighted by Gasteiger charge is -2.11. The Hall–Kier alpha value is -2.14. The number of hydrogen-bond donors (Lipinski definition) is 1. The molecular formula is C19H16ClNO2S. The highest BCUT2D eigenvalue weighted by Crippen LogP contribution is 2.34. The Bertz CT molecular complexity index is 996. The van der Waals surface area contributed by atoms with E-state index in [0.717, 1.165) is 27.8 Å². The molecule has 5 heteroatoms. The van der Waals surface area contributed by atoms with Gasteiger partial charge in [-0.15, -0.1) is 0 Å². The van der Waals surface area contributed by atoms with Crippen LogP contribution in [0.25, 0.3) is 22.3 Å². The molecule has 0 aromatic heterocycles. The highest BCUT2D eigenvalue weighted by Gasteiger charge is 2.11. The quantitative estimate of drug-likeness (QED) is 0.742. The van der Waals surface area contributed by atoms with Crippen molar-refractivity contribution in [2.45, 2.75) is 11.8 Å². The van der Waals surface area contributed by atoms with Crippen LogP contribution in [0.15, 0.2) is 71.6 Å². The Labute approximate surface area is 146 Å². The lowest BCUT2D eigenvalue weighted by atomic mass is 9.94. The summed E-state index contributed by atoms with van der Waals surface area (Å²) < 4.78 is 22.8. The standard InChI is InChI=1S/C19H16ClNO2S/c1-13-6-7-15(12-19(13)20)18-5-3-2-4-17(18)14-8-10-16(11-9-14)24(21,22)23/h2-12H,1H3,(H2,21,22,23). The first kappa shape index (κ1) is 16.7. The molecule has 0 aliphatic carbocycles. The fraction of sp³-hybridized carbons (Fsp3) is 0.0526. The van der Waals surface area contributed by atoms with Crippen LogP contribution in [0.3, 0.4) is 0 Å². The highest BCUT2D eigenvalue weighted by molar-refractivity contribution is 7.89. The third kappa shape index (κ3) is 3.36. The van der Waals surface area contributed by atoms with Gasteiger partial charge in [-0.05, 0) is 52.9 Å². The minimum Gasteiger partial charge on any atom is -0.225 e. The third-order valence-corrected chi connectivity index (χ3v) is 5.24. The van der Waals surface area contributed by atoms with Crippen molar-refractivity contribution in [2.24, 2.45) is 5.14 Å². The van der Waals surface area contributed by atoms with Gasteiger partial charge in [0.15, 0.2) is 0 Å². The van der Waals surface area contributed by atoms with E-state index in [4.69, 9.17) is 16.7 Å². The smallest absolute Gasteiger partial charge is 0.225 e. The maximum absolute atomic E-state index is 11.4. The van der Waals surface area contributed by atoms with E-state index in [9.17, 15) is 8.42 Å². The van der Waals surface area contributed by atoms with Crippen LogP contribution >= 0.6 is 11.6 Å². The molecule has 3 aromatic carbocycles. The second kappa shape index (κ2) is 6.40. The largest absolute Gasteiger partial charge is 0.238 e. The first-order chi connectivity index (χ1) is 11.4. The van der Waals surface area contributed by atoms with Crippen molar-refractivity contribution in [3.05, 3.63) is 77.3 Å². The van der Waals surface area contributed by atoms with Crippen molar-refractivity contribution in [3.8, 4) is 22.3 Å². The fourth-order valence-corrected chi connectivity index (χ4v) is 3.27. The zero-order valence-electron chi connectivity index (χ0n) is 13.0. The van der Waals surface area contributed by atoms with Gasteiger partial charge in [-0.25, -0.2) is 13.6 Å². The summed E-state index contributed by atoms with van der Waals surface area (Å²) in [7, 11) is -3.69. The summed E-state index contributed by atoms with van der Waals surface area (Å²) in [4.78, 5) is 0.0992. The molecule has 0 heterocycles. The van der Waals surface area contributed by atoms with Gasteiger partial charge in [0.1, 0.15) is 0 Å². The number of primary sulfonamides is 1. The molecule has 0 unspecified atom stereocenters. The second-order valence-electron chi connectivity index (χ2n) is 5.58. The number of nitrogens with two attached hydrogens (primary N) is 1. The van der Waals surface area contributed by atoms with Crippen LogP contribution in [-0.4, -0.2) is 8.42 Å². The number of rotatable bonds is 3. The molecule has 0 fully saturated rings. The summed E-state index contributed by atoms with van der Waals surface area (Å²) in [5.41, 5.74) is 4.97. The molecule has 0 saturated heterocycles. The van der Waals surface area contributed by atoms with Gasteiger partial charge in [0.2, 0.25) is 10.0 Å². The van der Waals surface area contributed by atoms with E-state index >= 15 is 0 Å². The molecule has 0 radical (unpaired) electrons. The van der Waals surface area contributed by atoms with Crippen LogP contribution in [-0.2, 0) is 10.0 Å². The molecule has 3 nitrogen and oxygen atoms in total. The second-order valence-corrected chi connectivity index (χ2v) is 7.55. The fourth-order valence-electron chi connectivity index (χ4n) is 2.57. The molecule has 0 atom stereocenters. The highest BCUT2D eigenvalue weighted by atomic mass is 35.5. The number of aryl methyl sites for hydroxylation is 1. The van der Waals surface area contributed by atoms with Crippen molar-refractivity contribution >= 4 is 21.6 Å². The summed E-state index contributed by atoms with van der Waals surface area (Å²) in [5.74, 6) is 0. The predicted octanol–water partition coefficient (Wildman–Crippen LogP) is 4.63. The van der Waals surface area contributed by atoms with Crippen LogP contribution in [0.5, 0.6) is 0 Å².